The Hall–Kier alpha value is -1.24. The molecule has 1 aliphatic carbocycles. The van der Waals surface area contributed by atoms with Crippen LogP contribution in [0.4, 0.5) is 4.79 Å². The summed E-state index contributed by atoms with van der Waals surface area (Å²) in [5.74, 6) is 0. The van der Waals surface area contributed by atoms with Crippen molar-refractivity contribution in [3.63, 3.8) is 0 Å². The number of carbonyl (C=O) groups is 1. The topological polar surface area (TPSA) is 56.1 Å². The summed E-state index contributed by atoms with van der Waals surface area (Å²) < 4.78 is 0. The zero-order chi connectivity index (χ0) is 9.68. The molecule has 4 nitrogen and oxygen atoms in total. The van der Waals surface area contributed by atoms with Gasteiger partial charge in [0.2, 0.25) is 0 Å². The molecular formula is C9H15N3O. The van der Waals surface area contributed by atoms with Crippen LogP contribution in [0, 0.1) is 11.3 Å². The van der Waals surface area contributed by atoms with Gasteiger partial charge in [0.05, 0.1) is 6.07 Å². The summed E-state index contributed by atoms with van der Waals surface area (Å²) in [5.41, 5.74) is 0. The van der Waals surface area contributed by atoms with E-state index in [0.717, 1.165) is 19.3 Å². The lowest BCUT2D eigenvalue weighted by molar-refractivity contribution is 0.203. The number of nitrogens with zero attached hydrogens (tertiary/aromatic N) is 2. The molecule has 0 aromatic heterocycles. The molecule has 0 saturated heterocycles. The van der Waals surface area contributed by atoms with Crippen molar-refractivity contribution in [3.05, 3.63) is 0 Å². The molecule has 0 atom stereocenters. The second kappa shape index (κ2) is 4.70. The number of carbonyl (C=O) groups excluding carboxylic acids is 1. The number of nitriles is 1. The maximum absolute atomic E-state index is 11.4. The van der Waals surface area contributed by atoms with Crippen LogP contribution in [0.25, 0.3) is 0 Å². The lowest BCUT2D eigenvalue weighted by atomic mass is 10.4. The number of hydrogen-bond acceptors (Lipinski definition) is 2. The van der Waals surface area contributed by atoms with Crippen molar-refractivity contribution < 1.29 is 4.79 Å². The Kier molecular flexibility index (Phi) is 3.56. The van der Waals surface area contributed by atoms with Gasteiger partial charge in [-0.1, -0.05) is 6.92 Å². The summed E-state index contributed by atoms with van der Waals surface area (Å²) in [6.07, 6.45) is 3.05. The quantitative estimate of drug-likeness (QED) is 0.660. The molecule has 0 radical (unpaired) electrons. The van der Waals surface area contributed by atoms with Crippen molar-refractivity contribution in [2.75, 3.05) is 13.1 Å². The van der Waals surface area contributed by atoms with Crippen LogP contribution in [0.5, 0.6) is 0 Å². The average molecular weight is 181 g/mol. The summed E-state index contributed by atoms with van der Waals surface area (Å²) in [6, 6.07) is 2.27. The van der Waals surface area contributed by atoms with E-state index in [1.807, 2.05) is 13.0 Å². The van der Waals surface area contributed by atoms with Crippen LogP contribution in [0.3, 0.4) is 0 Å². The van der Waals surface area contributed by atoms with Crippen molar-refractivity contribution >= 4 is 6.03 Å². The van der Waals surface area contributed by atoms with Crippen LogP contribution < -0.4 is 5.32 Å². The Labute approximate surface area is 78.5 Å². The Morgan fingerprint density at radius 3 is 2.85 bits per heavy atom. The van der Waals surface area contributed by atoms with Gasteiger partial charge in [0.25, 0.3) is 0 Å². The summed E-state index contributed by atoms with van der Waals surface area (Å²) >= 11 is 0. The summed E-state index contributed by atoms with van der Waals surface area (Å²) in [7, 11) is 0. The van der Waals surface area contributed by atoms with E-state index in [1.165, 1.54) is 0 Å². The fraction of sp³-hybridized carbons (Fsp3) is 0.778. The number of rotatable bonds is 4. The molecule has 1 fully saturated rings. The van der Waals surface area contributed by atoms with Gasteiger partial charge >= 0.3 is 6.03 Å². The van der Waals surface area contributed by atoms with Crippen LogP contribution >= 0.6 is 0 Å². The van der Waals surface area contributed by atoms with E-state index in [2.05, 4.69) is 5.32 Å². The molecule has 0 heterocycles. The number of amides is 2. The maximum Gasteiger partial charge on any atom is 0.318 e. The largest absolute Gasteiger partial charge is 0.335 e. The van der Waals surface area contributed by atoms with Gasteiger partial charge in [-0.25, -0.2) is 4.79 Å². The fourth-order valence-electron chi connectivity index (χ4n) is 1.10. The van der Waals surface area contributed by atoms with Gasteiger partial charge in [-0.2, -0.15) is 5.26 Å². The average Bonchev–Trinajstić information content (AvgIpc) is 2.88. The first-order valence-corrected chi connectivity index (χ1v) is 4.70. The number of urea groups is 1. The molecule has 1 saturated carbocycles. The smallest absolute Gasteiger partial charge is 0.318 e. The Bertz CT molecular complexity index is 217. The highest BCUT2D eigenvalue weighted by Crippen LogP contribution is 2.18. The van der Waals surface area contributed by atoms with Gasteiger partial charge in [-0.05, 0) is 19.3 Å². The lowest BCUT2D eigenvalue weighted by Gasteiger charge is -2.18. The molecule has 4 heteroatoms. The molecule has 0 bridgehead atoms. The van der Waals surface area contributed by atoms with Gasteiger partial charge in [0, 0.05) is 12.6 Å². The van der Waals surface area contributed by atoms with Gasteiger partial charge in [-0.15, -0.1) is 0 Å². The maximum atomic E-state index is 11.4. The first-order valence-electron chi connectivity index (χ1n) is 4.70. The van der Waals surface area contributed by atoms with Crippen molar-refractivity contribution in [3.8, 4) is 6.07 Å². The SMILES string of the molecule is CCCN(CC#N)C(=O)NC1CC1. The van der Waals surface area contributed by atoms with Crippen LogP contribution in [0.2, 0.25) is 0 Å². The molecule has 1 N–H and O–H groups in total. The second-order valence-electron chi connectivity index (χ2n) is 3.30. The third kappa shape index (κ3) is 3.32. The van der Waals surface area contributed by atoms with Crippen molar-refractivity contribution in [2.45, 2.75) is 32.2 Å². The van der Waals surface area contributed by atoms with Gasteiger partial charge in [0.15, 0.2) is 0 Å². The third-order valence-corrected chi connectivity index (χ3v) is 1.95. The van der Waals surface area contributed by atoms with E-state index in [9.17, 15) is 4.79 Å². The fourth-order valence-corrected chi connectivity index (χ4v) is 1.10. The molecule has 1 aliphatic rings. The molecule has 0 unspecified atom stereocenters. The first kappa shape index (κ1) is 9.85. The van der Waals surface area contributed by atoms with Crippen LogP contribution in [0.15, 0.2) is 0 Å². The minimum Gasteiger partial charge on any atom is -0.335 e. The zero-order valence-corrected chi connectivity index (χ0v) is 7.92. The standard InChI is InChI=1S/C9H15N3O/c1-2-6-12(7-5-10)9(13)11-8-3-4-8/h8H,2-4,6-7H2,1H3,(H,11,13). The van der Waals surface area contributed by atoms with E-state index >= 15 is 0 Å². The first-order chi connectivity index (χ1) is 6.27. The van der Waals surface area contributed by atoms with Crippen molar-refractivity contribution in [2.24, 2.45) is 0 Å². The second-order valence-corrected chi connectivity index (χ2v) is 3.30. The summed E-state index contributed by atoms with van der Waals surface area (Å²) in [6.45, 7) is 2.84. The third-order valence-electron chi connectivity index (χ3n) is 1.95. The normalized spacial score (nSPS) is 14.8. The molecule has 1 rings (SSSR count). The molecule has 13 heavy (non-hydrogen) atoms. The van der Waals surface area contributed by atoms with Crippen molar-refractivity contribution in [1.29, 1.82) is 5.26 Å². The van der Waals surface area contributed by atoms with Crippen LogP contribution in [-0.2, 0) is 0 Å². The minimum atomic E-state index is -0.0918. The monoisotopic (exact) mass is 181 g/mol. The minimum absolute atomic E-state index is 0.0918. The Balaban J connectivity index is 2.32. The van der Waals surface area contributed by atoms with E-state index in [4.69, 9.17) is 5.26 Å². The molecule has 2 amide bonds. The molecule has 0 aliphatic heterocycles. The molecule has 0 aromatic rings. The van der Waals surface area contributed by atoms with E-state index in [0.29, 0.717) is 12.6 Å². The molecule has 72 valence electrons. The Morgan fingerprint density at radius 1 is 1.69 bits per heavy atom. The molecule has 0 aromatic carbocycles. The lowest BCUT2D eigenvalue weighted by Crippen LogP contribution is -2.41. The Morgan fingerprint density at radius 2 is 2.38 bits per heavy atom. The van der Waals surface area contributed by atoms with Crippen LogP contribution in [0.1, 0.15) is 26.2 Å². The van der Waals surface area contributed by atoms with Gasteiger partial charge < -0.3 is 10.2 Å². The predicted molar refractivity (Wildman–Crippen MR) is 49.0 cm³/mol. The number of nitrogens with one attached hydrogen (secondary N) is 1. The molecule has 0 spiro atoms. The van der Waals surface area contributed by atoms with E-state index < -0.39 is 0 Å². The van der Waals surface area contributed by atoms with E-state index in [-0.39, 0.29) is 12.6 Å². The van der Waals surface area contributed by atoms with Gasteiger partial charge in [-0.3, -0.25) is 0 Å². The highest BCUT2D eigenvalue weighted by Gasteiger charge is 2.25. The summed E-state index contributed by atoms with van der Waals surface area (Å²) in [5, 5.41) is 11.3. The summed E-state index contributed by atoms with van der Waals surface area (Å²) in [4.78, 5) is 13.0. The predicted octanol–water partition coefficient (Wildman–Crippen LogP) is 1.09. The highest BCUT2D eigenvalue weighted by atomic mass is 16.2. The highest BCUT2D eigenvalue weighted by molar-refractivity contribution is 5.75. The van der Waals surface area contributed by atoms with Gasteiger partial charge in [0.1, 0.15) is 6.54 Å². The van der Waals surface area contributed by atoms with E-state index in [1.54, 1.807) is 4.90 Å². The zero-order valence-electron chi connectivity index (χ0n) is 7.92. The molecular weight excluding hydrogens is 166 g/mol. The number of hydrogen-bond donors (Lipinski definition) is 1. The van der Waals surface area contributed by atoms with Crippen molar-refractivity contribution in [1.82, 2.24) is 10.2 Å². The van der Waals surface area contributed by atoms with Crippen LogP contribution in [-0.4, -0.2) is 30.1 Å².